The maximum Gasteiger partial charge on any atom is 0.303 e. The van der Waals surface area contributed by atoms with Crippen molar-refractivity contribution in [1.82, 2.24) is 0 Å². The van der Waals surface area contributed by atoms with E-state index < -0.39 is 5.97 Å². The normalized spacial score (nSPS) is 12.4. The monoisotopic (exact) mass is 276 g/mol. The lowest BCUT2D eigenvalue weighted by atomic mass is 10.1. The lowest BCUT2D eigenvalue weighted by Gasteiger charge is -1.94. The van der Waals surface area contributed by atoms with Gasteiger partial charge in [0.2, 0.25) is 0 Å². The van der Waals surface area contributed by atoms with Gasteiger partial charge in [0.25, 0.3) is 0 Å². The van der Waals surface area contributed by atoms with Gasteiger partial charge in [-0.05, 0) is 32.1 Å². The molecule has 0 atom stereocenters. The third-order valence-corrected chi connectivity index (χ3v) is 2.76. The van der Waals surface area contributed by atoms with Crippen LogP contribution in [0.25, 0.3) is 0 Å². The molecule has 0 spiro atoms. The third kappa shape index (κ3) is 16.4. The number of carboxylic acid groups (broad SMARTS) is 1. The van der Waals surface area contributed by atoms with Crippen molar-refractivity contribution in [3.63, 3.8) is 0 Å². The van der Waals surface area contributed by atoms with E-state index in [4.69, 9.17) is 5.11 Å². The molecule has 2 heteroatoms. The highest BCUT2D eigenvalue weighted by atomic mass is 16.4. The number of aliphatic carboxylic acids is 1. The Hall–Kier alpha value is -1.57. The summed E-state index contributed by atoms with van der Waals surface area (Å²) in [5.74, 6) is -0.693. The molecule has 0 radical (unpaired) electrons. The van der Waals surface area contributed by atoms with Gasteiger partial charge in [-0.15, -0.1) is 0 Å². The number of unbranched alkanes of at least 4 members (excludes halogenated alkanes) is 4. The fourth-order valence-corrected chi connectivity index (χ4v) is 1.62. The van der Waals surface area contributed by atoms with E-state index in [0.717, 1.165) is 38.5 Å². The van der Waals surface area contributed by atoms with Crippen LogP contribution in [0.3, 0.4) is 0 Å². The predicted octanol–water partition coefficient (Wildman–Crippen LogP) is 5.44. The van der Waals surface area contributed by atoms with Crippen molar-refractivity contribution in [2.45, 2.75) is 58.3 Å². The number of carboxylic acids is 1. The van der Waals surface area contributed by atoms with Gasteiger partial charge in [-0.25, -0.2) is 0 Å². The van der Waals surface area contributed by atoms with E-state index >= 15 is 0 Å². The Morgan fingerprint density at radius 3 is 2.05 bits per heavy atom. The van der Waals surface area contributed by atoms with Gasteiger partial charge in [-0.3, -0.25) is 4.79 Å². The van der Waals surface area contributed by atoms with Crippen LogP contribution in [0.4, 0.5) is 0 Å². The van der Waals surface area contributed by atoms with E-state index in [1.807, 2.05) is 0 Å². The molecule has 0 unspecified atom stereocenters. The average Bonchev–Trinajstić information content (AvgIpc) is 2.43. The zero-order valence-corrected chi connectivity index (χ0v) is 12.6. The molecule has 0 aliphatic heterocycles. The lowest BCUT2D eigenvalue weighted by Crippen LogP contribution is -1.93. The number of rotatable bonds is 12. The van der Waals surface area contributed by atoms with E-state index in [9.17, 15) is 4.79 Å². The highest BCUT2D eigenvalue weighted by Gasteiger charge is 1.94. The summed E-state index contributed by atoms with van der Waals surface area (Å²) in [6.45, 7) is 2.18. The van der Waals surface area contributed by atoms with Crippen LogP contribution < -0.4 is 0 Å². The van der Waals surface area contributed by atoms with Crippen LogP contribution in [0.5, 0.6) is 0 Å². The molecule has 0 saturated carbocycles. The molecule has 0 aliphatic carbocycles. The first-order chi connectivity index (χ1) is 9.77. The number of allylic oxidation sites excluding steroid dienone is 8. The SMILES string of the molecule is CCC/C=C/C=C/C/C=C/C=C/CCCCCC(=O)O. The Labute approximate surface area is 123 Å². The van der Waals surface area contributed by atoms with E-state index in [2.05, 4.69) is 55.5 Å². The maximum absolute atomic E-state index is 10.3. The van der Waals surface area contributed by atoms with E-state index in [0.29, 0.717) is 6.42 Å². The highest BCUT2D eigenvalue weighted by molar-refractivity contribution is 5.66. The molecule has 0 aromatic heterocycles. The lowest BCUT2D eigenvalue weighted by molar-refractivity contribution is -0.137. The van der Waals surface area contributed by atoms with Crippen LogP contribution in [-0.2, 0) is 4.79 Å². The molecule has 0 aromatic carbocycles. The van der Waals surface area contributed by atoms with Gasteiger partial charge in [0.05, 0.1) is 0 Å². The topological polar surface area (TPSA) is 37.3 Å². The van der Waals surface area contributed by atoms with Crippen molar-refractivity contribution in [1.29, 1.82) is 0 Å². The van der Waals surface area contributed by atoms with Crippen LogP contribution >= 0.6 is 0 Å². The smallest absolute Gasteiger partial charge is 0.303 e. The van der Waals surface area contributed by atoms with Gasteiger partial charge in [0.1, 0.15) is 0 Å². The van der Waals surface area contributed by atoms with Crippen molar-refractivity contribution in [2.75, 3.05) is 0 Å². The fraction of sp³-hybridized carbons (Fsp3) is 0.500. The summed E-state index contributed by atoms with van der Waals surface area (Å²) in [7, 11) is 0. The minimum Gasteiger partial charge on any atom is -0.481 e. The summed E-state index contributed by atoms with van der Waals surface area (Å²) in [4.78, 5) is 10.3. The molecule has 0 aromatic rings. The summed E-state index contributed by atoms with van der Waals surface area (Å²) in [5, 5.41) is 8.48. The first kappa shape index (κ1) is 18.4. The van der Waals surface area contributed by atoms with Gasteiger partial charge >= 0.3 is 5.97 Å². The van der Waals surface area contributed by atoms with Crippen LogP contribution in [0.15, 0.2) is 48.6 Å². The van der Waals surface area contributed by atoms with E-state index in [1.54, 1.807) is 0 Å². The Morgan fingerprint density at radius 2 is 1.45 bits per heavy atom. The van der Waals surface area contributed by atoms with Crippen molar-refractivity contribution in [3.8, 4) is 0 Å². The Morgan fingerprint density at radius 1 is 0.850 bits per heavy atom. The molecular formula is C18H28O2. The second kappa shape index (κ2) is 15.5. The van der Waals surface area contributed by atoms with Crippen LogP contribution in [0.2, 0.25) is 0 Å². The van der Waals surface area contributed by atoms with Gasteiger partial charge in [-0.2, -0.15) is 0 Å². The number of hydrogen-bond donors (Lipinski definition) is 1. The van der Waals surface area contributed by atoms with Crippen molar-refractivity contribution in [3.05, 3.63) is 48.6 Å². The first-order valence-corrected chi connectivity index (χ1v) is 7.62. The van der Waals surface area contributed by atoms with Gasteiger partial charge in [0.15, 0.2) is 0 Å². The third-order valence-electron chi connectivity index (χ3n) is 2.76. The zero-order valence-electron chi connectivity index (χ0n) is 12.6. The largest absolute Gasteiger partial charge is 0.481 e. The zero-order chi connectivity index (χ0) is 14.9. The van der Waals surface area contributed by atoms with E-state index in [-0.39, 0.29) is 0 Å². The van der Waals surface area contributed by atoms with Crippen molar-refractivity contribution >= 4 is 5.97 Å². The second-order valence-corrected chi connectivity index (χ2v) is 4.73. The van der Waals surface area contributed by atoms with Crippen molar-refractivity contribution in [2.24, 2.45) is 0 Å². The minimum atomic E-state index is -0.693. The second-order valence-electron chi connectivity index (χ2n) is 4.73. The molecular weight excluding hydrogens is 248 g/mol. The van der Waals surface area contributed by atoms with Crippen LogP contribution in [0, 0.1) is 0 Å². The van der Waals surface area contributed by atoms with Crippen LogP contribution in [-0.4, -0.2) is 11.1 Å². The molecule has 112 valence electrons. The summed E-state index contributed by atoms with van der Waals surface area (Å²) in [6.07, 6.45) is 24.4. The molecule has 0 heterocycles. The van der Waals surface area contributed by atoms with Gasteiger partial charge in [-0.1, -0.05) is 68.4 Å². The Kier molecular flexibility index (Phi) is 14.3. The van der Waals surface area contributed by atoms with Gasteiger partial charge < -0.3 is 5.11 Å². The fourth-order valence-electron chi connectivity index (χ4n) is 1.62. The molecule has 0 fully saturated rings. The van der Waals surface area contributed by atoms with Crippen molar-refractivity contribution < 1.29 is 9.90 Å². The first-order valence-electron chi connectivity index (χ1n) is 7.62. The molecule has 2 nitrogen and oxygen atoms in total. The maximum atomic E-state index is 10.3. The summed E-state index contributed by atoms with van der Waals surface area (Å²) in [6, 6.07) is 0. The quantitative estimate of drug-likeness (QED) is 0.381. The van der Waals surface area contributed by atoms with Crippen LogP contribution in [0.1, 0.15) is 58.3 Å². The molecule has 0 bridgehead atoms. The predicted molar refractivity (Wildman–Crippen MR) is 86.8 cm³/mol. The Bertz CT molecular complexity index is 335. The summed E-state index contributed by atoms with van der Waals surface area (Å²) in [5.41, 5.74) is 0. The molecule has 0 saturated heterocycles. The summed E-state index contributed by atoms with van der Waals surface area (Å²) >= 11 is 0. The average molecular weight is 276 g/mol. The van der Waals surface area contributed by atoms with Gasteiger partial charge in [0, 0.05) is 6.42 Å². The highest BCUT2D eigenvalue weighted by Crippen LogP contribution is 2.03. The summed E-state index contributed by atoms with van der Waals surface area (Å²) < 4.78 is 0. The molecule has 1 N–H and O–H groups in total. The number of carbonyl (C=O) groups is 1. The number of hydrogen-bond acceptors (Lipinski definition) is 1. The standard InChI is InChI=1S/C18H28O2/c1-2-3-4-5-6-7-8-9-10-11-12-13-14-15-16-17-18(19)20/h4-7,9-12H,2-3,8,13-17H2,1H3,(H,19,20)/b5-4+,7-6+,10-9+,12-11+. The molecule has 0 aliphatic rings. The van der Waals surface area contributed by atoms with E-state index in [1.165, 1.54) is 6.42 Å². The molecule has 0 amide bonds. The minimum absolute atomic E-state index is 0.294. The Balaban J connectivity index is 3.41. The molecule has 0 rings (SSSR count). The molecule has 20 heavy (non-hydrogen) atoms.